The Kier molecular flexibility index (Phi) is 3.21. The number of hydrogen-bond donors (Lipinski definition) is 2. The molecule has 106 valence electrons. The van der Waals surface area contributed by atoms with Gasteiger partial charge in [-0.15, -0.1) is 0 Å². The molecule has 7 heteroatoms. The minimum atomic E-state index is 0.0291. The van der Waals surface area contributed by atoms with Gasteiger partial charge in [0, 0.05) is 32.4 Å². The van der Waals surface area contributed by atoms with Crippen molar-refractivity contribution in [2.24, 2.45) is 5.73 Å². The van der Waals surface area contributed by atoms with E-state index in [9.17, 15) is 4.79 Å². The molecule has 3 heterocycles. The summed E-state index contributed by atoms with van der Waals surface area (Å²) in [6.07, 6.45) is 1.77. The first-order valence-corrected chi connectivity index (χ1v) is 7.03. The van der Waals surface area contributed by atoms with E-state index in [1.807, 2.05) is 17.9 Å². The average Bonchev–Trinajstić information content (AvgIpc) is 2.79. The zero-order valence-corrected chi connectivity index (χ0v) is 12.1. The molecule has 2 aliphatic heterocycles. The van der Waals surface area contributed by atoms with E-state index in [0.29, 0.717) is 18.1 Å². The largest absolute Gasteiger partial charge is 0.389 e. The third-order valence-electron chi connectivity index (χ3n) is 3.92. The van der Waals surface area contributed by atoms with Crippen molar-refractivity contribution in [1.82, 2.24) is 15.2 Å². The molecule has 2 aliphatic rings. The molecule has 3 N–H and O–H groups in total. The van der Waals surface area contributed by atoms with E-state index in [0.717, 1.165) is 30.0 Å². The van der Waals surface area contributed by atoms with Crippen molar-refractivity contribution in [1.29, 1.82) is 0 Å². The standard InChI is InChI=1S/C13H17N5OS/c1-8-2-3-15-12(10(8)11(14)20)17-4-5-18-9(7-17)6-16-13(18)19/h2-3,9H,4-7H2,1H3,(H2,14,20)(H,16,19). The highest BCUT2D eigenvalue weighted by Crippen LogP contribution is 2.24. The molecular weight excluding hydrogens is 274 g/mol. The Morgan fingerprint density at radius 1 is 1.55 bits per heavy atom. The number of fused-ring (bicyclic) bond motifs is 1. The predicted molar refractivity (Wildman–Crippen MR) is 81.0 cm³/mol. The minimum Gasteiger partial charge on any atom is -0.389 e. The second-order valence-corrected chi connectivity index (χ2v) is 5.61. The van der Waals surface area contributed by atoms with Crippen LogP contribution < -0.4 is 16.0 Å². The zero-order valence-electron chi connectivity index (χ0n) is 11.3. The van der Waals surface area contributed by atoms with Gasteiger partial charge >= 0.3 is 6.03 Å². The molecule has 3 rings (SSSR count). The molecule has 6 nitrogen and oxygen atoms in total. The fraction of sp³-hybridized carbons (Fsp3) is 0.462. The molecule has 2 fully saturated rings. The zero-order chi connectivity index (χ0) is 14.3. The maximum atomic E-state index is 11.6. The molecule has 1 unspecified atom stereocenters. The molecule has 0 radical (unpaired) electrons. The summed E-state index contributed by atoms with van der Waals surface area (Å²) in [5.41, 5.74) is 7.71. The topological polar surface area (TPSA) is 74.5 Å². The Bertz CT molecular complexity index is 576. The summed E-state index contributed by atoms with van der Waals surface area (Å²) in [5, 5.41) is 2.87. The quantitative estimate of drug-likeness (QED) is 0.764. The minimum absolute atomic E-state index is 0.0291. The van der Waals surface area contributed by atoms with Crippen LogP contribution in [0.4, 0.5) is 10.6 Å². The van der Waals surface area contributed by atoms with E-state index >= 15 is 0 Å². The lowest BCUT2D eigenvalue weighted by Crippen LogP contribution is -2.52. The summed E-state index contributed by atoms with van der Waals surface area (Å²) in [4.78, 5) is 20.5. The van der Waals surface area contributed by atoms with Gasteiger partial charge in [-0.1, -0.05) is 12.2 Å². The molecule has 20 heavy (non-hydrogen) atoms. The van der Waals surface area contributed by atoms with Crippen LogP contribution in [0.3, 0.4) is 0 Å². The Morgan fingerprint density at radius 2 is 2.35 bits per heavy atom. The van der Waals surface area contributed by atoms with Crippen LogP contribution in [0, 0.1) is 6.92 Å². The van der Waals surface area contributed by atoms with E-state index in [4.69, 9.17) is 18.0 Å². The molecule has 0 aromatic carbocycles. The first-order chi connectivity index (χ1) is 9.58. The number of thiocarbonyl (C=S) groups is 1. The number of urea groups is 1. The number of hydrogen-bond acceptors (Lipinski definition) is 4. The maximum absolute atomic E-state index is 11.6. The van der Waals surface area contributed by atoms with Crippen LogP contribution in [0.25, 0.3) is 0 Å². The van der Waals surface area contributed by atoms with Crippen molar-refractivity contribution in [3.63, 3.8) is 0 Å². The first-order valence-electron chi connectivity index (χ1n) is 6.62. The highest BCUT2D eigenvalue weighted by atomic mass is 32.1. The van der Waals surface area contributed by atoms with Crippen LogP contribution in [-0.4, -0.2) is 53.1 Å². The number of amides is 2. The van der Waals surface area contributed by atoms with Crippen LogP contribution in [-0.2, 0) is 0 Å². The summed E-state index contributed by atoms with van der Waals surface area (Å²) in [6.45, 7) is 4.86. The smallest absolute Gasteiger partial charge is 0.317 e. The van der Waals surface area contributed by atoms with Gasteiger partial charge < -0.3 is 20.9 Å². The van der Waals surface area contributed by atoms with Crippen LogP contribution >= 0.6 is 12.2 Å². The van der Waals surface area contributed by atoms with Gasteiger partial charge in [0.15, 0.2) is 0 Å². The van der Waals surface area contributed by atoms with Crippen molar-refractivity contribution in [2.75, 3.05) is 31.1 Å². The van der Waals surface area contributed by atoms with Crippen molar-refractivity contribution in [3.8, 4) is 0 Å². The number of piperazine rings is 1. The highest BCUT2D eigenvalue weighted by Gasteiger charge is 2.36. The Labute approximate surface area is 122 Å². The van der Waals surface area contributed by atoms with Crippen molar-refractivity contribution >= 4 is 29.1 Å². The van der Waals surface area contributed by atoms with Gasteiger partial charge in [-0.2, -0.15) is 0 Å². The molecule has 2 saturated heterocycles. The van der Waals surface area contributed by atoms with E-state index in [1.165, 1.54) is 0 Å². The lowest BCUT2D eigenvalue weighted by Gasteiger charge is -2.37. The number of carbonyl (C=O) groups excluding carboxylic acids is 1. The van der Waals surface area contributed by atoms with Gasteiger partial charge in [0.25, 0.3) is 0 Å². The molecule has 0 aliphatic carbocycles. The van der Waals surface area contributed by atoms with Gasteiger partial charge in [0.05, 0.1) is 11.6 Å². The second kappa shape index (κ2) is 4.90. The Hall–Kier alpha value is -1.89. The SMILES string of the molecule is Cc1ccnc(N2CCN3C(=O)NCC3C2)c1C(N)=S. The van der Waals surface area contributed by atoms with Crippen molar-refractivity contribution < 1.29 is 4.79 Å². The second-order valence-electron chi connectivity index (χ2n) is 5.17. The number of carbonyl (C=O) groups is 1. The fourth-order valence-electron chi connectivity index (χ4n) is 2.88. The third-order valence-corrected chi connectivity index (χ3v) is 4.12. The maximum Gasteiger partial charge on any atom is 0.317 e. The van der Waals surface area contributed by atoms with E-state index in [-0.39, 0.29) is 12.1 Å². The van der Waals surface area contributed by atoms with Crippen molar-refractivity contribution in [3.05, 3.63) is 23.4 Å². The molecule has 0 spiro atoms. The van der Waals surface area contributed by atoms with Gasteiger partial charge in [-0.05, 0) is 18.6 Å². The first kappa shape index (κ1) is 13.1. The van der Waals surface area contributed by atoms with Crippen LogP contribution in [0.1, 0.15) is 11.1 Å². The molecule has 2 amide bonds. The number of rotatable bonds is 2. The van der Waals surface area contributed by atoms with Crippen LogP contribution in [0.5, 0.6) is 0 Å². The number of nitrogens with zero attached hydrogens (tertiary/aromatic N) is 3. The third kappa shape index (κ3) is 2.07. The molecule has 1 atom stereocenters. The van der Waals surface area contributed by atoms with E-state index in [1.54, 1.807) is 6.20 Å². The Balaban J connectivity index is 1.89. The summed E-state index contributed by atoms with van der Waals surface area (Å²) in [5.74, 6) is 0.830. The number of aromatic nitrogens is 1. The summed E-state index contributed by atoms with van der Waals surface area (Å²) in [6, 6.07) is 2.13. The Morgan fingerprint density at radius 3 is 3.10 bits per heavy atom. The van der Waals surface area contributed by atoms with Crippen molar-refractivity contribution in [2.45, 2.75) is 13.0 Å². The number of pyridine rings is 1. The number of nitrogens with two attached hydrogens (primary N) is 1. The van der Waals surface area contributed by atoms with Crippen LogP contribution in [0.15, 0.2) is 12.3 Å². The molecule has 0 bridgehead atoms. The monoisotopic (exact) mass is 291 g/mol. The van der Waals surface area contributed by atoms with E-state index < -0.39 is 0 Å². The molecule has 1 aromatic rings. The lowest BCUT2D eigenvalue weighted by molar-refractivity contribution is 0.197. The van der Waals surface area contributed by atoms with Gasteiger partial charge in [-0.3, -0.25) is 0 Å². The normalized spacial score (nSPS) is 21.6. The number of aryl methyl sites for hydroxylation is 1. The fourth-order valence-corrected chi connectivity index (χ4v) is 3.14. The van der Waals surface area contributed by atoms with Gasteiger partial charge in [-0.25, -0.2) is 9.78 Å². The molecular formula is C13H17N5OS. The summed E-state index contributed by atoms with van der Waals surface area (Å²) < 4.78 is 0. The average molecular weight is 291 g/mol. The van der Waals surface area contributed by atoms with E-state index in [2.05, 4.69) is 15.2 Å². The highest BCUT2D eigenvalue weighted by molar-refractivity contribution is 7.80. The van der Waals surface area contributed by atoms with Gasteiger partial charge in [0.2, 0.25) is 0 Å². The number of nitrogens with one attached hydrogen (secondary N) is 1. The predicted octanol–water partition coefficient (Wildman–Crippen LogP) is 0.238. The summed E-state index contributed by atoms with van der Waals surface area (Å²) >= 11 is 5.15. The lowest BCUT2D eigenvalue weighted by atomic mass is 10.1. The summed E-state index contributed by atoms with van der Waals surface area (Å²) in [7, 11) is 0. The number of anilines is 1. The molecule has 1 aromatic heterocycles. The molecule has 0 saturated carbocycles. The van der Waals surface area contributed by atoms with Crippen LogP contribution in [0.2, 0.25) is 0 Å². The van der Waals surface area contributed by atoms with Gasteiger partial charge in [0.1, 0.15) is 10.8 Å².